The van der Waals surface area contributed by atoms with Crippen LogP contribution in [0.4, 0.5) is 0 Å². The molecule has 1 heterocycles. The second kappa shape index (κ2) is 8.77. The van der Waals surface area contributed by atoms with Crippen LogP contribution in [-0.2, 0) is 28.5 Å². The molecule has 1 N–H and O–H groups in total. The summed E-state index contributed by atoms with van der Waals surface area (Å²) in [5.74, 6) is -2.17. The molecular weight excluding hydrogens is 403 g/mol. The van der Waals surface area contributed by atoms with Gasteiger partial charge in [0.25, 0.3) is 3.79 Å². The van der Waals surface area contributed by atoms with E-state index in [0.717, 1.165) is 13.8 Å². The van der Waals surface area contributed by atoms with E-state index in [4.69, 9.17) is 64.7 Å². The van der Waals surface area contributed by atoms with Crippen molar-refractivity contribution >= 4 is 52.6 Å². The van der Waals surface area contributed by atoms with E-state index in [-0.39, 0.29) is 0 Å². The van der Waals surface area contributed by atoms with Gasteiger partial charge in [-0.15, -0.1) is 0 Å². The van der Waals surface area contributed by atoms with Crippen molar-refractivity contribution in [2.75, 3.05) is 0 Å². The summed E-state index contributed by atoms with van der Waals surface area (Å²) in [6.07, 6.45) is -4.55. The predicted molar refractivity (Wildman–Crippen MR) is 87.5 cm³/mol. The summed E-state index contributed by atoms with van der Waals surface area (Å²) < 4.78 is 18.6. The van der Waals surface area contributed by atoms with Gasteiger partial charge >= 0.3 is 11.9 Å². The second-order valence-corrected chi connectivity index (χ2v) is 7.28. The fraction of sp³-hybridized carbons (Fsp3) is 0.750. The van der Waals surface area contributed by atoms with Crippen LogP contribution >= 0.6 is 34.8 Å². The van der Waals surface area contributed by atoms with Gasteiger partial charge in [-0.1, -0.05) is 39.9 Å². The molecule has 140 valence electrons. The Hall–Kier alpha value is -1.45. The van der Waals surface area contributed by atoms with Crippen LogP contribution in [0, 0.1) is 5.41 Å². The lowest BCUT2D eigenvalue weighted by Gasteiger charge is -2.42. The minimum atomic E-state index is -2.18. The zero-order valence-corrected chi connectivity index (χ0v) is 15.6. The normalized spacial score (nSPS) is 29.1. The number of nitrogens with one attached hydrogen (secondary N) is 1. The third-order valence-electron chi connectivity index (χ3n) is 3.03. The lowest BCUT2D eigenvalue weighted by atomic mass is 9.97. The summed E-state index contributed by atoms with van der Waals surface area (Å²) in [6, 6.07) is -1.30. The molecule has 13 heteroatoms. The van der Waals surface area contributed by atoms with Gasteiger partial charge in [-0.3, -0.25) is 15.0 Å². The molecular formula is C12H15Cl3N4O6. The van der Waals surface area contributed by atoms with E-state index in [2.05, 4.69) is 10.0 Å². The van der Waals surface area contributed by atoms with Crippen molar-refractivity contribution in [1.29, 1.82) is 5.41 Å². The summed E-state index contributed by atoms with van der Waals surface area (Å²) in [6.45, 7) is 3.78. The molecule has 0 saturated carbocycles. The van der Waals surface area contributed by atoms with Crippen molar-refractivity contribution in [2.45, 2.75) is 55.2 Å². The van der Waals surface area contributed by atoms with Crippen molar-refractivity contribution < 1.29 is 28.5 Å². The minimum absolute atomic E-state index is 0.661. The Kier molecular flexibility index (Phi) is 7.58. The van der Waals surface area contributed by atoms with Gasteiger partial charge in [0.15, 0.2) is 12.2 Å². The van der Waals surface area contributed by atoms with E-state index in [9.17, 15) is 9.59 Å². The molecule has 1 rings (SSSR count). The number of rotatable bonds is 4. The topological polar surface area (TPSA) is 144 Å². The monoisotopic (exact) mass is 416 g/mol. The van der Waals surface area contributed by atoms with Crippen molar-refractivity contribution in [3.05, 3.63) is 10.4 Å². The first kappa shape index (κ1) is 21.6. The highest BCUT2D eigenvalue weighted by atomic mass is 35.6. The summed E-state index contributed by atoms with van der Waals surface area (Å²) >= 11 is 16.6. The molecule has 1 aliphatic rings. The fourth-order valence-corrected chi connectivity index (χ4v) is 2.26. The second-order valence-electron chi connectivity index (χ2n) is 5.00. The molecule has 1 fully saturated rings. The summed E-state index contributed by atoms with van der Waals surface area (Å²) in [7, 11) is 0. The van der Waals surface area contributed by atoms with Crippen molar-refractivity contribution in [3.8, 4) is 0 Å². The van der Waals surface area contributed by atoms with E-state index in [0.29, 0.717) is 0 Å². The predicted octanol–water partition coefficient (Wildman–Crippen LogP) is 2.64. The van der Waals surface area contributed by atoms with Gasteiger partial charge in [0, 0.05) is 18.8 Å². The van der Waals surface area contributed by atoms with E-state index >= 15 is 0 Å². The zero-order chi connectivity index (χ0) is 19.4. The summed E-state index contributed by atoms with van der Waals surface area (Å²) in [5, 5.41) is 11.1. The van der Waals surface area contributed by atoms with E-state index in [1.54, 1.807) is 0 Å². The molecule has 5 atom stereocenters. The highest BCUT2D eigenvalue weighted by Gasteiger charge is 2.50. The van der Waals surface area contributed by atoms with Crippen LogP contribution in [0.3, 0.4) is 0 Å². The highest BCUT2D eigenvalue weighted by molar-refractivity contribution is 6.76. The van der Waals surface area contributed by atoms with Crippen LogP contribution in [0.5, 0.6) is 0 Å². The molecule has 0 aromatic carbocycles. The van der Waals surface area contributed by atoms with Crippen LogP contribution < -0.4 is 0 Å². The number of azide groups is 1. The van der Waals surface area contributed by atoms with Crippen LogP contribution in [0.15, 0.2) is 5.11 Å². The molecule has 0 spiro atoms. The number of ether oxygens (including phenoxy) is 4. The molecule has 0 radical (unpaired) electrons. The Bertz CT molecular complexity index is 592. The third-order valence-corrected chi connectivity index (χ3v) is 3.55. The van der Waals surface area contributed by atoms with E-state index in [1.807, 2.05) is 0 Å². The maximum atomic E-state index is 11.4. The van der Waals surface area contributed by atoms with Gasteiger partial charge < -0.3 is 18.9 Å². The Morgan fingerprint density at radius 1 is 1.16 bits per heavy atom. The summed E-state index contributed by atoms with van der Waals surface area (Å²) in [5.41, 5.74) is 8.78. The van der Waals surface area contributed by atoms with Gasteiger partial charge in [0.2, 0.25) is 12.2 Å². The van der Waals surface area contributed by atoms with Crippen molar-refractivity contribution in [3.63, 3.8) is 0 Å². The quantitative estimate of drug-likeness (QED) is 0.142. The molecule has 25 heavy (non-hydrogen) atoms. The number of hydrogen-bond acceptors (Lipinski definition) is 8. The van der Waals surface area contributed by atoms with Gasteiger partial charge in [-0.05, 0) is 12.5 Å². The van der Waals surface area contributed by atoms with Crippen molar-refractivity contribution in [2.24, 2.45) is 5.11 Å². The lowest BCUT2D eigenvalue weighted by Crippen LogP contribution is -2.59. The fourth-order valence-electron chi connectivity index (χ4n) is 2.13. The van der Waals surface area contributed by atoms with Gasteiger partial charge in [0.1, 0.15) is 6.04 Å². The Labute approximate surface area is 157 Å². The standard InChI is InChI=1S/C12H15Cl3N4O6/c1-4-8(23-5(2)20)9(24-6(3)21)7(18-19-17)10(22-4)25-11(16)12(13,14)15/h4,7-10,16H,1-3H3/t4-,7-,8+,9-,10+/m1/s1. The minimum Gasteiger partial charge on any atom is -0.458 e. The zero-order valence-electron chi connectivity index (χ0n) is 13.3. The molecule has 0 aromatic heterocycles. The smallest absolute Gasteiger partial charge is 0.303 e. The molecule has 0 bridgehead atoms. The number of alkyl halides is 3. The maximum Gasteiger partial charge on any atom is 0.303 e. The number of esters is 2. The number of halogens is 3. The number of carbonyl (C=O) groups excluding carboxylic acids is 2. The molecule has 1 aliphatic heterocycles. The van der Waals surface area contributed by atoms with Crippen LogP contribution in [0.1, 0.15) is 20.8 Å². The third kappa shape index (κ3) is 6.09. The van der Waals surface area contributed by atoms with Crippen molar-refractivity contribution in [1.82, 2.24) is 0 Å². The van der Waals surface area contributed by atoms with E-state index < -0.39 is 52.3 Å². The van der Waals surface area contributed by atoms with Gasteiger partial charge in [-0.25, -0.2) is 0 Å². The molecule has 1 saturated heterocycles. The molecule has 0 aromatic rings. The number of hydrogen-bond donors (Lipinski definition) is 1. The average Bonchev–Trinajstić information content (AvgIpc) is 2.45. The number of nitrogens with zero attached hydrogens (tertiary/aromatic N) is 3. The van der Waals surface area contributed by atoms with Crippen LogP contribution in [-0.4, -0.2) is 52.3 Å². The van der Waals surface area contributed by atoms with Gasteiger partial charge in [-0.2, -0.15) is 0 Å². The number of carbonyl (C=O) groups is 2. The Morgan fingerprint density at radius 3 is 2.12 bits per heavy atom. The molecule has 0 aliphatic carbocycles. The first-order chi connectivity index (χ1) is 11.5. The first-order valence-corrected chi connectivity index (χ1v) is 7.97. The molecule has 0 unspecified atom stereocenters. The van der Waals surface area contributed by atoms with E-state index in [1.165, 1.54) is 6.92 Å². The first-order valence-electron chi connectivity index (χ1n) is 6.83. The largest absolute Gasteiger partial charge is 0.458 e. The Balaban J connectivity index is 3.19. The molecule has 0 amide bonds. The molecule has 10 nitrogen and oxygen atoms in total. The lowest BCUT2D eigenvalue weighted by molar-refractivity contribution is -0.245. The van der Waals surface area contributed by atoms with Crippen LogP contribution in [0.2, 0.25) is 0 Å². The summed E-state index contributed by atoms with van der Waals surface area (Å²) in [4.78, 5) is 25.3. The average molecular weight is 418 g/mol. The van der Waals surface area contributed by atoms with Gasteiger partial charge in [0.05, 0.1) is 6.10 Å². The maximum absolute atomic E-state index is 11.4. The highest BCUT2D eigenvalue weighted by Crippen LogP contribution is 2.33. The van der Waals surface area contributed by atoms with Crippen LogP contribution in [0.25, 0.3) is 10.4 Å². The Morgan fingerprint density at radius 2 is 1.68 bits per heavy atom. The SMILES string of the molecule is CC(=O)O[C@@H]1[C@@H](N=[N+]=[N-])[C@H](OC(=N)C(Cl)(Cl)Cl)O[C@H](C)[C@@H]1OC(C)=O.